The molecule has 0 bridgehead atoms. The molecular weight excluding hydrogens is 356 g/mol. The average molecular weight is 374 g/mol. The predicted molar refractivity (Wildman–Crippen MR) is 97.3 cm³/mol. The van der Waals surface area contributed by atoms with Crippen LogP contribution in [0.3, 0.4) is 0 Å². The summed E-state index contributed by atoms with van der Waals surface area (Å²) in [6, 6.07) is 5.33. The highest BCUT2D eigenvalue weighted by Crippen LogP contribution is 2.40. The first-order valence-corrected chi connectivity index (χ1v) is 8.99. The standard InChI is InChI=1S/C17H18N4O4S/c1-23-11-3-4-12(24-2)15-14(11)19-17(26-15)21-9-7-20(8-10-21)16(22)13-5-6-18-25-13/h3-6H,7-10H2,1-2H3. The predicted octanol–water partition coefficient (Wildman–Crippen LogP) is 2.26. The smallest absolute Gasteiger partial charge is 0.292 e. The number of piperazine rings is 1. The summed E-state index contributed by atoms with van der Waals surface area (Å²) < 4.78 is 16.8. The molecule has 1 saturated heterocycles. The van der Waals surface area contributed by atoms with Crippen LogP contribution < -0.4 is 14.4 Å². The molecule has 0 aliphatic carbocycles. The molecule has 26 heavy (non-hydrogen) atoms. The molecule has 0 atom stereocenters. The Kier molecular flexibility index (Phi) is 4.37. The van der Waals surface area contributed by atoms with Crippen LogP contribution in [0.4, 0.5) is 5.13 Å². The van der Waals surface area contributed by atoms with Gasteiger partial charge in [0.15, 0.2) is 5.13 Å². The van der Waals surface area contributed by atoms with E-state index in [2.05, 4.69) is 10.1 Å². The van der Waals surface area contributed by atoms with E-state index in [0.29, 0.717) is 26.2 Å². The molecule has 8 nitrogen and oxygen atoms in total. The molecule has 2 aromatic heterocycles. The lowest BCUT2D eigenvalue weighted by atomic mass is 10.3. The number of carbonyl (C=O) groups is 1. The first kappa shape index (κ1) is 16.6. The van der Waals surface area contributed by atoms with E-state index in [4.69, 9.17) is 19.0 Å². The van der Waals surface area contributed by atoms with Gasteiger partial charge in [0.05, 0.1) is 20.4 Å². The second kappa shape index (κ2) is 6.83. The van der Waals surface area contributed by atoms with E-state index in [-0.39, 0.29) is 11.7 Å². The molecule has 0 N–H and O–H groups in total. The lowest BCUT2D eigenvalue weighted by molar-refractivity contribution is 0.0705. The number of benzene rings is 1. The Morgan fingerprint density at radius 1 is 1.12 bits per heavy atom. The number of methoxy groups -OCH3 is 2. The van der Waals surface area contributed by atoms with Crippen LogP contribution in [0.1, 0.15) is 10.6 Å². The number of ether oxygens (including phenoxy) is 2. The maximum atomic E-state index is 12.3. The number of anilines is 1. The Morgan fingerprint density at radius 3 is 2.50 bits per heavy atom. The molecule has 1 fully saturated rings. The number of fused-ring (bicyclic) bond motifs is 1. The van der Waals surface area contributed by atoms with Gasteiger partial charge in [-0.1, -0.05) is 16.5 Å². The van der Waals surface area contributed by atoms with Crippen molar-refractivity contribution in [2.24, 2.45) is 0 Å². The van der Waals surface area contributed by atoms with Crippen LogP contribution in [0.15, 0.2) is 28.9 Å². The molecule has 1 aliphatic heterocycles. The Morgan fingerprint density at radius 2 is 1.85 bits per heavy atom. The van der Waals surface area contributed by atoms with Gasteiger partial charge in [0, 0.05) is 32.2 Å². The highest BCUT2D eigenvalue weighted by Gasteiger charge is 2.26. The summed E-state index contributed by atoms with van der Waals surface area (Å²) in [5.74, 6) is 1.65. The van der Waals surface area contributed by atoms with Gasteiger partial charge in [-0.2, -0.15) is 0 Å². The number of hydrogen-bond acceptors (Lipinski definition) is 8. The van der Waals surface area contributed by atoms with Crippen molar-refractivity contribution in [2.45, 2.75) is 0 Å². The zero-order chi connectivity index (χ0) is 18.1. The van der Waals surface area contributed by atoms with Gasteiger partial charge in [-0.25, -0.2) is 4.98 Å². The minimum atomic E-state index is -0.130. The van der Waals surface area contributed by atoms with Crippen LogP contribution in [-0.2, 0) is 0 Å². The average Bonchev–Trinajstić information content (AvgIpc) is 3.36. The van der Waals surface area contributed by atoms with Crippen LogP contribution >= 0.6 is 11.3 Å². The topological polar surface area (TPSA) is 80.9 Å². The molecule has 9 heteroatoms. The van der Waals surface area contributed by atoms with E-state index in [1.807, 2.05) is 12.1 Å². The number of carbonyl (C=O) groups excluding carboxylic acids is 1. The van der Waals surface area contributed by atoms with Gasteiger partial charge in [-0.15, -0.1) is 0 Å². The van der Waals surface area contributed by atoms with E-state index in [0.717, 1.165) is 26.8 Å². The summed E-state index contributed by atoms with van der Waals surface area (Å²) in [5, 5.41) is 4.49. The van der Waals surface area contributed by atoms with E-state index >= 15 is 0 Å². The van der Waals surface area contributed by atoms with Crippen molar-refractivity contribution in [2.75, 3.05) is 45.3 Å². The number of amides is 1. The molecule has 136 valence electrons. The second-order valence-electron chi connectivity index (χ2n) is 5.80. The molecule has 4 rings (SSSR count). The second-order valence-corrected chi connectivity index (χ2v) is 6.78. The fraction of sp³-hybridized carbons (Fsp3) is 0.353. The van der Waals surface area contributed by atoms with E-state index in [1.54, 1.807) is 36.5 Å². The Hall–Kier alpha value is -2.81. The van der Waals surface area contributed by atoms with Gasteiger partial charge < -0.3 is 23.8 Å². The quantitative estimate of drug-likeness (QED) is 0.693. The van der Waals surface area contributed by atoms with Gasteiger partial charge in [0.25, 0.3) is 5.91 Å². The van der Waals surface area contributed by atoms with Crippen LogP contribution in [0.25, 0.3) is 10.2 Å². The van der Waals surface area contributed by atoms with Crippen molar-refractivity contribution < 1.29 is 18.8 Å². The monoisotopic (exact) mass is 374 g/mol. The Balaban J connectivity index is 1.53. The molecule has 3 aromatic rings. The normalized spacial score (nSPS) is 14.7. The van der Waals surface area contributed by atoms with Gasteiger partial charge in [0.1, 0.15) is 21.7 Å². The third kappa shape index (κ3) is 2.84. The molecule has 0 spiro atoms. The fourth-order valence-electron chi connectivity index (χ4n) is 2.99. The molecule has 3 heterocycles. The summed E-state index contributed by atoms with van der Waals surface area (Å²) >= 11 is 1.57. The largest absolute Gasteiger partial charge is 0.495 e. The lowest BCUT2D eigenvalue weighted by Crippen LogP contribution is -2.48. The summed E-state index contributed by atoms with van der Waals surface area (Å²) in [6.07, 6.45) is 1.48. The van der Waals surface area contributed by atoms with Crippen molar-refractivity contribution in [1.29, 1.82) is 0 Å². The zero-order valence-corrected chi connectivity index (χ0v) is 15.3. The molecule has 1 aromatic carbocycles. The maximum absolute atomic E-state index is 12.3. The van der Waals surface area contributed by atoms with Crippen molar-refractivity contribution in [3.63, 3.8) is 0 Å². The first-order valence-electron chi connectivity index (χ1n) is 8.17. The van der Waals surface area contributed by atoms with Gasteiger partial charge in [-0.05, 0) is 12.1 Å². The number of rotatable bonds is 4. The number of aromatic nitrogens is 2. The van der Waals surface area contributed by atoms with Crippen LogP contribution in [-0.4, -0.2) is 61.3 Å². The Labute approximate surface area is 153 Å². The molecule has 0 unspecified atom stereocenters. The molecule has 1 aliphatic rings. The molecule has 0 radical (unpaired) electrons. The Bertz CT molecular complexity index is 875. The van der Waals surface area contributed by atoms with Crippen LogP contribution in [0.2, 0.25) is 0 Å². The molecule has 1 amide bonds. The van der Waals surface area contributed by atoms with Gasteiger partial charge in [0.2, 0.25) is 5.76 Å². The summed E-state index contributed by atoms with van der Waals surface area (Å²) in [4.78, 5) is 21.0. The molecular formula is C17H18N4O4S. The van der Waals surface area contributed by atoms with Crippen molar-refractivity contribution >= 4 is 32.6 Å². The number of nitrogens with zero attached hydrogens (tertiary/aromatic N) is 4. The summed E-state index contributed by atoms with van der Waals surface area (Å²) in [5.41, 5.74) is 0.798. The lowest BCUT2D eigenvalue weighted by Gasteiger charge is -2.33. The first-order chi connectivity index (χ1) is 12.7. The highest BCUT2D eigenvalue weighted by molar-refractivity contribution is 7.22. The third-order valence-corrected chi connectivity index (χ3v) is 5.52. The van der Waals surface area contributed by atoms with Crippen molar-refractivity contribution in [3.8, 4) is 11.5 Å². The SMILES string of the molecule is COc1ccc(OC)c2sc(N3CCN(C(=O)c4ccno4)CC3)nc12. The third-order valence-electron chi connectivity index (χ3n) is 4.38. The van der Waals surface area contributed by atoms with Crippen LogP contribution in [0.5, 0.6) is 11.5 Å². The van der Waals surface area contributed by atoms with Crippen molar-refractivity contribution in [3.05, 3.63) is 30.2 Å². The van der Waals surface area contributed by atoms with Gasteiger partial charge >= 0.3 is 0 Å². The summed E-state index contributed by atoms with van der Waals surface area (Å²) in [6.45, 7) is 2.60. The molecule has 0 saturated carbocycles. The van der Waals surface area contributed by atoms with E-state index in [9.17, 15) is 4.79 Å². The van der Waals surface area contributed by atoms with E-state index < -0.39 is 0 Å². The minimum Gasteiger partial charge on any atom is -0.495 e. The number of thiazole rings is 1. The minimum absolute atomic E-state index is 0.130. The fourth-order valence-corrected chi connectivity index (χ4v) is 4.12. The highest BCUT2D eigenvalue weighted by atomic mass is 32.1. The van der Waals surface area contributed by atoms with Crippen LogP contribution in [0, 0.1) is 0 Å². The number of hydrogen-bond donors (Lipinski definition) is 0. The maximum Gasteiger partial charge on any atom is 0.292 e. The zero-order valence-electron chi connectivity index (χ0n) is 14.5. The van der Waals surface area contributed by atoms with E-state index in [1.165, 1.54) is 6.20 Å². The van der Waals surface area contributed by atoms with Gasteiger partial charge in [-0.3, -0.25) is 4.79 Å². The van der Waals surface area contributed by atoms with Crippen molar-refractivity contribution in [1.82, 2.24) is 15.0 Å². The summed E-state index contributed by atoms with van der Waals surface area (Å²) in [7, 11) is 3.28.